The first-order valence-corrected chi connectivity index (χ1v) is 6.23. The third-order valence-electron chi connectivity index (χ3n) is 2.83. The van der Waals surface area contributed by atoms with Crippen molar-refractivity contribution in [3.8, 4) is 11.5 Å². The highest BCUT2D eigenvalue weighted by Crippen LogP contribution is 2.17. The quantitative estimate of drug-likeness (QED) is 0.745. The number of amides is 1. The minimum absolute atomic E-state index is 0.231. The van der Waals surface area contributed by atoms with Gasteiger partial charge in [-0.1, -0.05) is 0 Å². The van der Waals surface area contributed by atoms with E-state index in [1.54, 1.807) is 30.7 Å². The smallest absolute Gasteiger partial charge is 0.271 e. The number of hydrogen-bond donors (Lipinski definition) is 2. The molecule has 1 amide bonds. The molecule has 0 spiro atoms. The van der Waals surface area contributed by atoms with E-state index in [0.717, 1.165) is 5.76 Å². The lowest BCUT2D eigenvalue weighted by molar-refractivity contribution is 0.0948. The van der Waals surface area contributed by atoms with Gasteiger partial charge >= 0.3 is 0 Å². The zero-order chi connectivity index (χ0) is 13.8. The van der Waals surface area contributed by atoms with Crippen LogP contribution in [-0.2, 0) is 6.42 Å². The second kappa shape index (κ2) is 5.48. The second-order valence-corrected chi connectivity index (χ2v) is 4.23. The topological polar surface area (TPSA) is 84.1 Å². The standard InChI is InChI=1S/C14H13N3O3/c18-14(15-6-5-10-3-1-7-19-10)12-9-11(16-17-12)13-4-2-8-20-13/h1-4,7-9H,5-6H2,(H,15,18)(H,16,17). The van der Waals surface area contributed by atoms with E-state index in [0.29, 0.717) is 30.1 Å². The van der Waals surface area contributed by atoms with Crippen molar-refractivity contribution in [3.05, 3.63) is 54.3 Å². The maximum absolute atomic E-state index is 11.9. The van der Waals surface area contributed by atoms with Gasteiger partial charge in [-0.3, -0.25) is 9.89 Å². The first kappa shape index (κ1) is 12.3. The number of nitrogens with one attached hydrogen (secondary N) is 2. The fraction of sp³-hybridized carbons (Fsp3) is 0.143. The maximum Gasteiger partial charge on any atom is 0.271 e. The van der Waals surface area contributed by atoms with Crippen molar-refractivity contribution in [1.82, 2.24) is 15.5 Å². The van der Waals surface area contributed by atoms with Crippen LogP contribution in [-0.4, -0.2) is 22.6 Å². The summed E-state index contributed by atoms with van der Waals surface area (Å²) in [5.74, 6) is 1.25. The number of carbonyl (C=O) groups is 1. The molecule has 0 radical (unpaired) electrons. The Morgan fingerprint density at radius 2 is 2.10 bits per heavy atom. The van der Waals surface area contributed by atoms with Gasteiger partial charge in [-0.15, -0.1) is 0 Å². The minimum Gasteiger partial charge on any atom is -0.469 e. The van der Waals surface area contributed by atoms with Gasteiger partial charge in [0.2, 0.25) is 0 Å². The van der Waals surface area contributed by atoms with E-state index in [1.807, 2.05) is 12.1 Å². The van der Waals surface area contributed by atoms with Gasteiger partial charge in [0.25, 0.3) is 5.91 Å². The molecule has 3 heterocycles. The van der Waals surface area contributed by atoms with Crippen LogP contribution in [0.15, 0.2) is 51.7 Å². The molecule has 0 aliphatic heterocycles. The fourth-order valence-electron chi connectivity index (χ4n) is 1.84. The zero-order valence-electron chi connectivity index (χ0n) is 10.6. The van der Waals surface area contributed by atoms with E-state index >= 15 is 0 Å². The molecule has 0 bridgehead atoms. The van der Waals surface area contributed by atoms with Gasteiger partial charge in [0.1, 0.15) is 11.5 Å². The van der Waals surface area contributed by atoms with Crippen LogP contribution in [0, 0.1) is 0 Å². The van der Waals surface area contributed by atoms with Crippen LogP contribution in [0.4, 0.5) is 0 Å². The molecular weight excluding hydrogens is 258 g/mol. The summed E-state index contributed by atoms with van der Waals surface area (Å²) in [7, 11) is 0. The summed E-state index contributed by atoms with van der Waals surface area (Å²) >= 11 is 0. The third-order valence-corrected chi connectivity index (χ3v) is 2.83. The van der Waals surface area contributed by atoms with Crippen molar-refractivity contribution in [3.63, 3.8) is 0 Å². The Balaban J connectivity index is 1.57. The van der Waals surface area contributed by atoms with Crippen molar-refractivity contribution in [1.29, 1.82) is 0 Å². The highest BCUT2D eigenvalue weighted by molar-refractivity contribution is 5.93. The van der Waals surface area contributed by atoms with Crippen LogP contribution in [0.3, 0.4) is 0 Å². The molecule has 2 N–H and O–H groups in total. The lowest BCUT2D eigenvalue weighted by Gasteiger charge is -2.00. The Labute approximate surface area is 114 Å². The van der Waals surface area contributed by atoms with Crippen molar-refractivity contribution >= 4 is 5.91 Å². The average Bonchev–Trinajstić information content (AvgIpc) is 3.20. The molecule has 3 rings (SSSR count). The Morgan fingerprint density at radius 1 is 1.25 bits per heavy atom. The van der Waals surface area contributed by atoms with Crippen LogP contribution in [0.25, 0.3) is 11.5 Å². The molecule has 0 aromatic carbocycles. The van der Waals surface area contributed by atoms with Crippen molar-refractivity contribution in [2.75, 3.05) is 6.54 Å². The molecule has 0 fully saturated rings. The van der Waals surface area contributed by atoms with Gasteiger partial charge in [-0.2, -0.15) is 5.10 Å². The predicted molar refractivity (Wildman–Crippen MR) is 71.0 cm³/mol. The summed E-state index contributed by atoms with van der Waals surface area (Å²) in [5, 5.41) is 9.52. The SMILES string of the molecule is O=C(NCCc1ccco1)c1cc(-c2ccco2)[nH]n1. The van der Waals surface area contributed by atoms with Crippen LogP contribution < -0.4 is 5.32 Å². The zero-order valence-corrected chi connectivity index (χ0v) is 10.6. The van der Waals surface area contributed by atoms with Gasteiger partial charge in [-0.25, -0.2) is 0 Å². The molecule has 0 unspecified atom stereocenters. The summed E-state index contributed by atoms with van der Waals surface area (Å²) in [5.41, 5.74) is 1.00. The number of carbonyl (C=O) groups excluding carboxylic acids is 1. The van der Waals surface area contributed by atoms with Gasteiger partial charge < -0.3 is 14.2 Å². The van der Waals surface area contributed by atoms with Crippen LogP contribution in [0.1, 0.15) is 16.2 Å². The highest BCUT2D eigenvalue weighted by Gasteiger charge is 2.12. The van der Waals surface area contributed by atoms with E-state index in [2.05, 4.69) is 15.5 Å². The Hall–Kier alpha value is -2.76. The van der Waals surface area contributed by atoms with Crippen molar-refractivity contribution < 1.29 is 13.6 Å². The Morgan fingerprint density at radius 3 is 2.85 bits per heavy atom. The van der Waals surface area contributed by atoms with Gasteiger partial charge in [0, 0.05) is 19.0 Å². The molecule has 0 aliphatic rings. The number of aromatic amines is 1. The minimum atomic E-state index is -0.231. The second-order valence-electron chi connectivity index (χ2n) is 4.23. The molecule has 0 atom stereocenters. The predicted octanol–water partition coefficient (Wildman–Crippen LogP) is 2.24. The summed E-state index contributed by atoms with van der Waals surface area (Å²) in [6, 6.07) is 8.92. The molecule has 6 heteroatoms. The molecule has 3 aromatic rings. The van der Waals surface area contributed by atoms with E-state index < -0.39 is 0 Å². The molecule has 3 aromatic heterocycles. The van der Waals surface area contributed by atoms with Crippen molar-refractivity contribution in [2.24, 2.45) is 0 Å². The van der Waals surface area contributed by atoms with Crippen LogP contribution in [0.5, 0.6) is 0 Å². The lowest BCUT2D eigenvalue weighted by Crippen LogP contribution is -2.25. The van der Waals surface area contributed by atoms with E-state index in [9.17, 15) is 4.79 Å². The average molecular weight is 271 g/mol. The van der Waals surface area contributed by atoms with Crippen LogP contribution in [0.2, 0.25) is 0 Å². The first-order chi connectivity index (χ1) is 9.83. The fourth-order valence-corrected chi connectivity index (χ4v) is 1.84. The van der Waals surface area contributed by atoms with Crippen molar-refractivity contribution in [2.45, 2.75) is 6.42 Å². The number of H-pyrrole nitrogens is 1. The monoisotopic (exact) mass is 271 g/mol. The van der Waals surface area contributed by atoms with Gasteiger partial charge in [0.05, 0.1) is 12.5 Å². The Kier molecular flexibility index (Phi) is 3.36. The largest absolute Gasteiger partial charge is 0.469 e. The van der Waals surface area contributed by atoms with Gasteiger partial charge in [0.15, 0.2) is 11.5 Å². The third kappa shape index (κ3) is 2.64. The normalized spacial score (nSPS) is 10.6. The molecule has 0 saturated carbocycles. The number of nitrogens with zero attached hydrogens (tertiary/aromatic N) is 1. The summed E-state index contributed by atoms with van der Waals surface area (Å²) in [4.78, 5) is 11.9. The molecule has 6 nitrogen and oxygen atoms in total. The maximum atomic E-state index is 11.9. The molecule has 0 aliphatic carbocycles. The number of aromatic nitrogens is 2. The molecule has 20 heavy (non-hydrogen) atoms. The highest BCUT2D eigenvalue weighted by atomic mass is 16.3. The number of hydrogen-bond acceptors (Lipinski definition) is 4. The molecular formula is C14H13N3O3. The number of furan rings is 2. The first-order valence-electron chi connectivity index (χ1n) is 6.23. The number of rotatable bonds is 5. The van der Waals surface area contributed by atoms with E-state index in [4.69, 9.17) is 8.83 Å². The summed E-state index contributed by atoms with van der Waals surface area (Å²) < 4.78 is 10.4. The van der Waals surface area contributed by atoms with E-state index in [-0.39, 0.29) is 5.91 Å². The lowest BCUT2D eigenvalue weighted by atomic mass is 10.3. The van der Waals surface area contributed by atoms with E-state index in [1.165, 1.54) is 0 Å². The molecule has 102 valence electrons. The summed E-state index contributed by atoms with van der Waals surface area (Å²) in [6.07, 6.45) is 3.83. The molecule has 0 saturated heterocycles. The van der Waals surface area contributed by atoms with Crippen LogP contribution >= 0.6 is 0 Å². The summed E-state index contributed by atoms with van der Waals surface area (Å²) in [6.45, 7) is 0.495. The van der Waals surface area contributed by atoms with Gasteiger partial charge in [-0.05, 0) is 24.3 Å². The Bertz CT molecular complexity index is 668.